The van der Waals surface area contributed by atoms with Crippen LogP contribution in [-0.2, 0) is 4.79 Å². The van der Waals surface area contributed by atoms with Crippen LogP contribution in [0.5, 0.6) is 0 Å². The predicted molar refractivity (Wildman–Crippen MR) is 115 cm³/mol. The van der Waals surface area contributed by atoms with E-state index in [2.05, 4.69) is 26.1 Å². The minimum atomic E-state index is -0.406. The number of rotatable bonds is 4. The monoisotopic (exact) mass is 461 g/mol. The van der Waals surface area contributed by atoms with Crippen molar-refractivity contribution in [3.8, 4) is 0 Å². The summed E-state index contributed by atoms with van der Waals surface area (Å²) < 4.78 is 0.941. The second-order valence-electron chi connectivity index (χ2n) is 6.64. The molecule has 2 amide bonds. The number of carbonyl (C=O) groups is 2. The molecular formula is C21H21BrClN3O2. The lowest BCUT2D eigenvalue weighted by Crippen LogP contribution is -2.49. The Labute approximate surface area is 178 Å². The highest BCUT2D eigenvalue weighted by molar-refractivity contribution is 9.10. The molecule has 0 radical (unpaired) electrons. The molecule has 1 aliphatic heterocycles. The second-order valence-corrected chi connectivity index (χ2v) is 7.96. The van der Waals surface area contributed by atoms with Crippen LogP contribution in [0.25, 0.3) is 6.08 Å². The maximum Gasteiger partial charge on any atom is 0.270 e. The fraction of sp³-hybridized carbons (Fsp3) is 0.238. The van der Waals surface area contributed by atoms with E-state index < -0.39 is 5.91 Å². The van der Waals surface area contributed by atoms with E-state index in [1.165, 1.54) is 0 Å². The molecule has 28 heavy (non-hydrogen) atoms. The number of likely N-dealkylation sites (N-methyl/N-ethyl adjacent to an activating group) is 1. The van der Waals surface area contributed by atoms with Crippen LogP contribution in [0.1, 0.15) is 15.9 Å². The smallest absolute Gasteiger partial charge is 0.270 e. The summed E-state index contributed by atoms with van der Waals surface area (Å²) in [6.07, 6.45) is 1.70. The summed E-state index contributed by atoms with van der Waals surface area (Å²) in [6, 6.07) is 14.3. The first-order valence-corrected chi connectivity index (χ1v) is 10.1. The van der Waals surface area contributed by atoms with Crippen molar-refractivity contribution in [2.24, 2.45) is 0 Å². The Bertz CT molecular complexity index is 891. The summed E-state index contributed by atoms with van der Waals surface area (Å²) in [6.45, 7) is 2.84. The van der Waals surface area contributed by atoms with Gasteiger partial charge in [0, 0.05) is 30.7 Å². The van der Waals surface area contributed by atoms with Crippen LogP contribution in [0.3, 0.4) is 0 Å². The lowest BCUT2D eigenvalue weighted by molar-refractivity contribution is -0.128. The largest absolute Gasteiger partial charge is 0.335 e. The maximum absolute atomic E-state index is 13.1. The van der Waals surface area contributed by atoms with E-state index in [0.29, 0.717) is 23.7 Å². The molecule has 0 bridgehead atoms. The first-order valence-electron chi connectivity index (χ1n) is 8.95. The summed E-state index contributed by atoms with van der Waals surface area (Å²) >= 11 is 9.54. The minimum absolute atomic E-state index is 0.198. The van der Waals surface area contributed by atoms with Crippen LogP contribution in [-0.4, -0.2) is 54.8 Å². The van der Waals surface area contributed by atoms with Crippen LogP contribution in [0.4, 0.5) is 0 Å². The van der Waals surface area contributed by atoms with Gasteiger partial charge >= 0.3 is 0 Å². The van der Waals surface area contributed by atoms with Gasteiger partial charge in [-0.25, -0.2) is 0 Å². The molecule has 1 saturated heterocycles. The number of piperazine rings is 1. The van der Waals surface area contributed by atoms with Crippen molar-refractivity contribution >= 4 is 45.4 Å². The molecule has 2 aromatic carbocycles. The third-order valence-electron chi connectivity index (χ3n) is 4.57. The van der Waals surface area contributed by atoms with Gasteiger partial charge in [0.1, 0.15) is 5.70 Å². The molecule has 0 atom stereocenters. The average Bonchev–Trinajstić information content (AvgIpc) is 2.69. The molecule has 1 fully saturated rings. The van der Waals surface area contributed by atoms with Crippen molar-refractivity contribution < 1.29 is 9.59 Å². The number of amides is 2. The molecule has 146 valence electrons. The highest BCUT2D eigenvalue weighted by Crippen LogP contribution is 2.17. The highest BCUT2D eigenvalue weighted by atomic mass is 79.9. The SMILES string of the molecule is CN1CCN(C(=O)/C(=C/c2ccc(Br)cc2)NC(=O)c2ccccc2Cl)CC1. The zero-order valence-corrected chi connectivity index (χ0v) is 17.8. The molecule has 5 nitrogen and oxygen atoms in total. The van der Waals surface area contributed by atoms with Gasteiger partial charge in [-0.1, -0.05) is 51.8 Å². The Balaban J connectivity index is 1.87. The standard InChI is InChI=1S/C21H21BrClN3O2/c1-25-10-12-26(13-11-25)21(28)19(14-15-6-8-16(22)9-7-15)24-20(27)17-4-2-3-5-18(17)23/h2-9,14H,10-13H2,1H3,(H,24,27)/b19-14-. The Kier molecular flexibility index (Phi) is 6.88. The molecule has 3 rings (SSSR count). The van der Waals surface area contributed by atoms with Crippen molar-refractivity contribution in [1.82, 2.24) is 15.1 Å². The Morgan fingerprint density at radius 2 is 1.68 bits per heavy atom. The van der Waals surface area contributed by atoms with Gasteiger partial charge in [0.15, 0.2) is 0 Å². The van der Waals surface area contributed by atoms with E-state index in [1.807, 2.05) is 31.3 Å². The van der Waals surface area contributed by atoms with Gasteiger partial charge in [0.2, 0.25) is 0 Å². The number of halogens is 2. The summed E-state index contributed by atoms with van der Waals surface area (Å²) in [4.78, 5) is 29.8. The van der Waals surface area contributed by atoms with Gasteiger partial charge in [0.25, 0.3) is 11.8 Å². The molecule has 0 unspecified atom stereocenters. The predicted octanol–water partition coefficient (Wildman–Crippen LogP) is 3.65. The number of nitrogens with zero attached hydrogens (tertiary/aromatic N) is 2. The van der Waals surface area contributed by atoms with Gasteiger partial charge < -0.3 is 15.1 Å². The zero-order valence-electron chi connectivity index (χ0n) is 15.5. The Morgan fingerprint density at radius 1 is 1.04 bits per heavy atom. The Morgan fingerprint density at radius 3 is 2.32 bits per heavy atom. The van der Waals surface area contributed by atoms with Gasteiger partial charge in [0.05, 0.1) is 10.6 Å². The van der Waals surface area contributed by atoms with Crippen LogP contribution >= 0.6 is 27.5 Å². The third-order valence-corrected chi connectivity index (χ3v) is 5.43. The zero-order chi connectivity index (χ0) is 20.1. The summed E-state index contributed by atoms with van der Waals surface area (Å²) in [7, 11) is 2.03. The topological polar surface area (TPSA) is 52.6 Å². The van der Waals surface area contributed by atoms with E-state index in [4.69, 9.17) is 11.6 Å². The van der Waals surface area contributed by atoms with Crippen molar-refractivity contribution in [1.29, 1.82) is 0 Å². The van der Waals surface area contributed by atoms with Crippen LogP contribution in [0, 0.1) is 0 Å². The van der Waals surface area contributed by atoms with Gasteiger partial charge in [-0.05, 0) is 43.0 Å². The van der Waals surface area contributed by atoms with Crippen LogP contribution in [0.2, 0.25) is 5.02 Å². The van der Waals surface area contributed by atoms with Crippen molar-refractivity contribution in [2.45, 2.75) is 0 Å². The van der Waals surface area contributed by atoms with Crippen LogP contribution in [0.15, 0.2) is 58.7 Å². The molecule has 7 heteroatoms. The lowest BCUT2D eigenvalue weighted by Gasteiger charge is -2.33. The van der Waals surface area contributed by atoms with Gasteiger partial charge in [-0.3, -0.25) is 9.59 Å². The van der Waals surface area contributed by atoms with E-state index in [1.54, 1.807) is 35.2 Å². The molecule has 1 aliphatic rings. The number of hydrogen-bond acceptors (Lipinski definition) is 3. The first-order chi connectivity index (χ1) is 13.4. The van der Waals surface area contributed by atoms with Crippen LogP contribution < -0.4 is 5.32 Å². The molecule has 1 N–H and O–H groups in total. The van der Waals surface area contributed by atoms with Crippen molar-refractivity contribution in [2.75, 3.05) is 33.2 Å². The molecule has 0 spiro atoms. The molecule has 1 heterocycles. The molecule has 2 aromatic rings. The highest BCUT2D eigenvalue weighted by Gasteiger charge is 2.24. The van der Waals surface area contributed by atoms with E-state index >= 15 is 0 Å². The summed E-state index contributed by atoms with van der Waals surface area (Å²) in [5.74, 6) is -0.604. The summed E-state index contributed by atoms with van der Waals surface area (Å²) in [5, 5.41) is 3.11. The molecule has 0 aromatic heterocycles. The first kappa shape index (κ1) is 20.6. The second kappa shape index (κ2) is 9.37. The Hall–Kier alpha value is -2.15. The fourth-order valence-electron chi connectivity index (χ4n) is 2.89. The molecule has 0 aliphatic carbocycles. The normalized spacial score (nSPS) is 15.4. The average molecular weight is 463 g/mol. The number of hydrogen-bond donors (Lipinski definition) is 1. The molecule has 0 saturated carbocycles. The van der Waals surface area contributed by atoms with E-state index in [-0.39, 0.29) is 11.6 Å². The minimum Gasteiger partial charge on any atom is -0.335 e. The number of benzene rings is 2. The number of carbonyl (C=O) groups excluding carboxylic acids is 2. The number of nitrogens with one attached hydrogen (secondary N) is 1. The summed E-state index contributed by atoms with van der Waals surface area (Å²) in [5.41, 5.74) is 1.38. The van der Waals surface area contributed by atoms with Gasteiger partial charge in [-0.2, -0.15) is 0 Å². The van der Waals surface area contributed by atoms with E-state index in [9.17, 15) is 9.59 Å². The maximum atomic E-state index is 13.1. The van der Waals surface area contributed by atoms with Crippen molar-refractivity contribution in [3.63, 3.8) is 0 Å². The lowest BCUT2D eigenvalue weighted by atomic mass is 10.1. The fourth-order valence-corrected chi connectivity index (χ4v) is 3.38. The van der Waals surface area contributed by atoms with Gasteiger partial charge in [-0.15, -0.1) is 0 Å². The third kappa shape index (κ3) is 5.22. The molecular weight excluding hydrogens is 442 g/mol. The van der Waals surface area contributed by atoms with Crippen molar-refractivity contribution in [3.05, 3.63) is 74.9 Å². The van der Waals surface area contributed by atoms with E-state index in [0.717, 1.165) is 23.1 Å². The quantitative estimate of drug-likeness (QED) is 0.706.